The number of hydrogen-bond donors (Lipinski definition) is 1. The number of carbonyl (C=O) groups excluding carboxylic acids is 1. The first kappa shape index (κ1) is 17.7. The molecule has 6 heteroatoms. The standard InChI is InChI=1S/C21H24N2O4/c1-25-18-7-3-2-5-16(18)22-21(24)14-23-10-4-6-17(23)15-8-9-19-20(13-15)27-12-11-26-19/h2-3,5,7-9,13,17H,4,6,10-12,14H2,1H3,(H,22,24)/t17-/m0/s1. The van der Waals surface area contributed by atoms with Crippen molar-refractivity contribution in [3.63, 3.8) is 0 Å². The molecule has 6 nitrogen and oxygen atoms in total. The molecule has 2 aromatic rings. The van der Waals surface area contributed by atoms with Gasteiger partial charge >= 0.3 is 0 Å². The summed E-state index contributed by atoms with van der Waals surface area (Å²) in [6, 6.07) is 13.8. The van der Waals surface area contributed by atoms with E-state index in [2.05, 4.69) is 22.3 Å². The highest BCUT2D eigenvalue weighted by Crippen LogP contribution is 2.38. The molecule has 0 spiro atoms. The molecule has 0 radical (unpaired) electrons. The number of carbonyl (C=O) groups is 1. The first-order chi connectivity index (χ1) is 13.2. The molecule has 0 aliphatic carbocycles. The molecule has 1 saturated heterocycles. The average Bonchev–Trinajstić information content (AvgIpc) is 3.16. The molecule has 0 aromatic heterocycles. The molecule has 142 valence electrons. The Morgan fingerprint density at radius 1 is 1.19 bits per heavy atom. The lowest BCUT2D eigenvalue weighted by Gasteiger charge is -2.26. The van der Waals surface area contributed by atoms with Gasteiger partial charge in [0.15, 0.2) is 11.5 Å². The molecule has 0 unspecified atom stereocenters. The van der Waals surface area contributed by atoms with Crippen molar-refractivity contribution >= 4 is 11.6 Å². The summed E-state index contributed by atoms with van der Waals surface area (Å²) in [7, 11) is 1.60. The molecular weight excluding hydrogens is 344 g/mol. The number of ether oxygens (including phenoxy) is 3. The van der Waals surface area contributed by atoms with E-state index in [9.17, 15) is 4.79 Å². The van der Waals surface area contributed by atoms with Gasteiger partial charge in [0.1, 0.15) is 19.0 Å². The molecule has 4 rings (SSSR count). The van der Waals surface area contributed by atoms with Gasteiger partial charge in [0.05, 0.1) is 19.3 Å². The van der Waals surface area contributed by atoms with E-state index in [0.29, 0.717) is 31.2 Å². The Bertz CT molecular complexity index is 824. The second kappa shape index (κ2) is 7.88. The Morgan fingerprint density at radius 2 is 2.00 bits per heavy atom. The highest BCUT2D eigenvalue weighted by molar-refractivity contribution is 5.93. The molecule has 27 heavy (non-hydrogen) atoms. The van der Waals surface area contributed by atoms with E-state index in [0.717, 1.165) is 30.9 Å². The summed E-state index contributed by atoms with van der Waals surface area (Å²) in [5.74, 6) is 2.21. The topological polar surface area (TPSA) is 60.0 Å². The third-order valence-corrected chi connectivity index (χ3v) is 5.04. The minimum atomic E-state index is -0.0380. The lowest BCUT2D eigenvalue weighted by molar-refractivity contribution is -0.117. The highest BCUT2D eigenvalue weighted by atomic mass is 16.6. The van der Waals surface area contributed by atoms with Crippen LogP contribution in [0.5, 0.6) is 17.2 Å². The SMILES string of the molecule is COc1ccccc1NC(=O)CN1CCC[C@H]1c1ccc2c(c1)OCCO2. The Balaban J connectivity index is 1.45. The lowest BCUT2D eigenvalue weighted by Crippen LogP contribution is -2.33. The van der Waals surface area contributed by atoms with Crippen LogP contribution < -0.4 is 19.5 Å². The first-order valence-electron chi connectivity index (χ1n) is 9.31. The summed E-state index contributed by atoms with van der Waals surface area (Å²) in [5.41, 5.74) is 1.86. The van der Waals surface area contributed by atoms with Crippen LogP contribution in [0, 0.1) is 0 Å². The van der Waals surface area contributed by atoms with E-state index in [4.69, 9.17) is 14.2 Å². The van der Waals surface area contributed by atoms with Crippen molar-refractivity contribution in [2.45, 2.75) is 18.9 Å². The van der Waals surface area contributed by atoms with Gasteiger partial charge in [-0.1, -0.05) is 18.2 Å². The summed E-state index contributed by atoms with van der Waals surface area (Å²) in [4.78, 5) is 14.8. The molecule has 1 fully saturated rings. The van der Waals surface area contributed by atoms with Gasteiger partial charge in [0, 0.05) is 6.04 Å². The van der Waals surface area contributed by atoms with E-state index in [1.807, 2.05) is 30.3 Å². The van der Waals surface area contributed by atoms with Gasteiger partial charge in [-0.05, 0) is 49.2 Å². The number of amides is 1. The Labute approximate surface area is 159 Å². The number of likely N-dealkylation sites (tertiary alicyclic amines) is 1. The molecule has 0 saturated carbocycles. The summed E-state index contributed by atoms with van der Waals surface area (Å²) in [6.07, 6.45) is 2.10. The van der Waals surface area contributed by atoms with E-state index in [1.54, 1.807) is 7.11 Å². The summed E-state index contributed by atoms with van der Waals surface area (Å²) < 4.78 is 16.6. The maximum Gasteiger partial charge on any atom is 0.238 e. The van der Waals surface area contributed by atoms with Gasteiger partial charge in [0.25, 0.3) is 0 Å². The number of benzene rings is 2. The van der Waals surface area contributed by atoms with Crippen molar-refractivity contribution < 1.29 is 19.0 Å². The molecular formula is C21H24N2O4. The minimum Gasteiger partial charge on any atom is -0.495 e. The highest BCUT2D eigenvalue weighted by Gasteiger charge is 2.29. The van der Waals surface area contributed by atoms with Crippen molar-refractivity contribution in [1.29, 1.82) is 0 Å². The maximum absolute atomic E-state index is 12.6. The quantitative estimate of drug-likeness (QED) is 0.878. The first-order valence-corrected chi connectivity index (χ1v) is 9.31. The van der Waals surface area contributed by atoms with Gasteiger partial charge in [-0.15, -0.1) is 0 Å². The van der Waals surface area contributed by atoms with Gasteiger partial charge < -0.3 is 19.5 Å². The largest absolute Gasteiger partial charge is 0.495 e. The van der Waals surface area contributed by atoms with Crippen LogP contribution in [0.1, 0.15) is 24.4 Å². The van der Waals surface area contributed by atoms with Crippen molar-refractivity contribution in [3.8, 4) is 17.2 Å². The number of anilines is 1. The Hall–Kier alpha value is -2.73. The predicted molar refractivity (Wildman–Crippen MR) is 103 cm³/mol. The van der Waals surface area contributed by atoms with Crippen molar-refractivity contribution in [1.82, 2.24) is 4.90 Å². The third-order valence-electron chi connectivity index (χ3n) is 5.04. The van der Waals surface area contributed by atoms with Gasteiger partial charge in [-0.25, -0.2) is 0 Å². The van der Waals surface area contributed by atoms with Crippen LogP contribution in [-0.4, -0.2) is 44.2 Å². The van der Waals surface area contributed by atoms with Crippen molar-refractivity contribution in [2.24, 2.45) is 0 Å². The van der Waals surface area contributed by atoms with Crippen LogP contribution in [0.25, 0.3) is 0 Å². The average molecular weight is 368 g/mol. The minimum absolute atomic E-state index is 0.0380. The zero-order valence-electron chi connectivity index (χ0n) is 15.4. The van der Waals surface area contributed by atoms with Gasteiger partial charge in [0.2, 0.25) is 5.91 Å². The second-order valence-electron chi connectivity index (χ2n) is 6.78. The summed E-state index contributed by atoms with van der Waals surface area (Å²) in [6.45, 7) is 2.41. The normalized spacial score (nSPS) is 18.9. The predicted octanol–water partition coefficient (Wildman–Crippen LogP) is 3.24. The molecule has 1 amide bonds. The molecule has 1 N–H and O–H groups in total. The number of rotatable bonds is 5. The number of nitrogens with zero attached hydrogens (tertiary/aromatic N) is 1. The zero-order chi connectivity index (χ0) is 18.6. The Morgan fingerprint density at radius 3 is 2.85 bits per heavy atom. The zero-order valence-corrected chi connectivity index (χ0v) is 15.4. The monoisotopic (exact) mass is 368 g/mol. The molecule has 0 bridgehead atoms. The fourth-order valence-corrected chi connectivity index (χ4v) is 3.78. The summed E-state index contributed by atoms with van der Waals surface area (Å²) >= 11 is 0. The fourth-order valence-electron chi connectivity index (χ4n) is 3.78. The van der Waals surface area contributed by atoms with E-state index in [1.165, 1.54) is 5.56 Å². The maximum atomic E-state index is 12.6. The Kier molecular flexibility index (Phi) is 5.16. The smallest absolute Gasteiger partial charge is 0.238 e. The lowest BCUT2D eigenvalue weighted by atomic mass is 10.0. The molecule has 2 aromatic carbocycles. The number of methoxy groups -OCH3 is 1. The number of hydrogen-bond acceptors (Lipinski definition) is 5. The van der Waals surface area contributed by atoms with Crippen molar-refractivity contribution in [3.05, 3.63) is 48.0 Å². The van der Waals surface area contributed by atoms with Crippen LogP contribution in [-0.2, 0) is 4.79 Å². The van der Waals surface area contributed by atoms with E-state index < -0.39 is 0 Å². The van der Waals surface area contributed by atoms with Crippen LogP contribution in [0.2, 0.25) is 0 Å². The van der Waals surface area contributed by atoms with E-state index in [-0.39, 0.29) is 11.9 Å². The van der Waals surface area contributed by atoms with Crippen LogP contribution in [0.15, 0.2) is 42.5 Å². The number of fused-ring (bicyclic) bond motifs is 1. The molecule has 2 heterocycles. The third kappa shape index (κ3) is 3.85. The molecule has 2 aliphatic heterocycles. The van der Waals surface area contributed by atoms with Crippen LogP contribution >= 0.6 is 0 Å². The van der Waals surface area contributed by atoms with Crippen LogP contribution in [0.3, 0.4) is 0 Å². The number of nitrogens with one attached hydrogen (secondary N) is 1. The van der Waals surface area contributed by atoms with Gasteiger partial charge in [-0.2, -0.15) is 0 Å². The second-order valence-corrected chi connectivity index (χ2v) is 6.78. The summed E-state index contributed by atoms with van der Waals surface area (Å²) in [5, 5.41) is 2.96. The van der Waals surface area contributed by atoms with E-state index >= 15 is 0 Å². The van der Waals surface area contributed by atoms with Gasteiger partial charge in [-0.3, -0.25) is 9.69 Å². The molecule has 1 atom stereocenters. The van der Waals surface area contributed by atoms with Crippen LogP contribution in [0.4, 0.5) is 5.69 Å². The van der Waals surface area contributed by atoms with Crippen molar-refractivity contribution in [2.75, 3.05) is 38.7 Å². The fraction of sp³-hybridized carbons (Fsp3) is 0.381. The molecule has 2 aliphatic rings. The number of para-hydroxylation sites is 2.